The second-order valence-corrected chi connectivity index (χ2v) is 4.69. The maximum Gasteiger partial charge on any atom is 0.138 e. The van der Waals surface area contributed by atoms with E-state index in [1.54, 1.807) is 0 Å². The molecule has 98 valence electrons. The van der Waals surface area contributed by atoms with Crippen LogP contribution in [0.15, 0.2) is 4.52 Å². The Bertz CT molecular complexity index is 315. The van der Waals surface area contributed by atoms with Crippen molar-refractivity contribution in [2.75, 3.05) is 13.2 Å². The Balaban J connectivity index is 2.51. The lowest BCUT2D eigenvalue weighted by atomic mass is 10.0. The molecule has 0 aliphatic carbocycles. The maximum absolute atomic E-state index is 5.49. The molecule has 1 heterocycles. The molecule has 0 radical (unpaired) electrons. The van der Waals surface area contributed by atoms with Crippen LogP contribution in [0.4, 0.5) is 0 Å². The molecule has 17 heavy (non-hydrogen) atoms. The maximum atomic E-state index is 5.49. The van der Waals surface area contributed by atoms with Crippen LogP contribution in [0.25, 0.3) is 0 Å². The first-order valence-corrected chi connectivity index (χ1v) is 6.29. The van der Waals surface area contributed by atoms with Crippen molar-refractivity contribution in [3.05, 3.63) is 17.0 Å². The fourth-order valence-electron chi connectivity index (χ4n) is 1.72. The summed E-state index contributed by atoms with van der Waals surface area (Å²) in [5, 5.41) is 7.47. The molecule has 0 aliphatic heterocycles. The summed E-state index contributed by atoms with van der Waals surface area (Å²) in [5.41, 5.74) is 2.13. The summed E-state index contributed by atoms with van der Waals surface area (Å²) in [5.74, 6) is 1.44. The van der Waals surface area contributed by atoms with Crippen LogP contribution in [0.2, 0.25) is 0 Å². The zero-order chi connectivity index (χ0) is 12.8. The van der Waals surface area contributed by atoms with Crippen molar-refractivity contribution < 1.29 is 9.26 Å². The Kier molecular flexibility index (Phi) is 5.65. The lowest BCUT2D eigenvalue weighted by Gasteiger charge is -2.22. The van der Waals surface area contributed by atoms with E-state index in [4.69, 9.17) is 9.26 Å². The summed E-state index contributed by atoms with van der Waals surface area (Å²) < 4.78 is 10.6. The summed E-state index contributed by atoms with van der Waals surface area (Å²) in [6.07, 6.45) is 0. The van der Waals surface area contributed by atoms with Gasteiger partial charge < -0.3 is 14.6 Å². The zero-order valence-corrected chi connectivity index (χ0v) is 11.5. The van der Waals surface area contributed by atoms with Crippen LogP contribution in [0.3, 0.4) is 0 Å². The third kappa shape index (κ3) is 4.13. The smallest absolute Gasteiger partial charge is 0.138 e. The third-order valence-electron chi connectivity index (χ3n) is 3.03. The number of hydrogen-bond acceptors (Lipinski definition) is 4. The first kappa shape index (κ1) is 14.2. The van der Waals surface area contributed by atoms with E-state index in [1.165, 1.54) is 0 Å². The Morgan fingerprint density at radius 3 is 2.53 bits per heavy atom. The van der Waals surface area contributed by atoms with Gasteiger partial charge in [-0.1, -0.05) is 19.0 Å². The monoisotopic (exact) mass is 240 g/mol. The van der Waals surface area contributed by atoms with Crippen LogP contribution in [-0.4, -0.2) is 24.4 Å². The van der Waals surface area contributed by atoms with E-state index in [9.17, 15) is 0 Å². The van der Waals surface area contributed by atoms with Gasteiger partial charge in [0.2, 0.25) is 0 Å². The van der Waals surface area contributed by atoms with Gasteiger partial charge in [0.25, 0.3) is 0 Å². The molecule has 0 saturated carbocycles. The largest absolute Gasteiger partial charge is 0.380 e. The Morgan fingerprint density at radius 1 is 1.35 bits per heavy atom. The quantitative estimate of drug-likeness (QED) is 0.795. The molecule has 4 heteroatoms. The zero-order valence-electron chi connectivity index (χ0n) is 11.5. The van der Waals surface area contributed by atoms with Gasteiger partial charge in [-0.3, -0.25) is 0 Å². The van der Waals surface area contributed by atoms with Crippen molar-refractivity contribution in [3.63, 3.8) is 0 Å². The van der Waals surface area contributed by atoms with E-state index >= 15 is 0 Å². The number of ether oxygens (including phenoxy) is 1. The average molecular weight is 240 g/mol. The lowest BCUT2D eigenvalue weighted by Crippen LogP contribution is -2.37. The fraction of sp³-hybridized carbons (Fsp3) is 0.769. The van der Waals surface area contributed by atoms with E-state index in [-0.39, 0.29) is 0 Å². The number of aromatic nitrogens is 1. The summed E-state index contributed by atoms with van der Waals surface area (Å²) in [7, 11) is 0. The molecule has 1 rings (SSSR count). The number of aryl methyl sites for hydroxylation is 2. The number of nitrogens with zero attached hydrogens (tertiary/aromatic N) is 1. The van der Waals surface area contributed by atoms with Crippen molar-refractivity contribution in [3.8, 4) is 0 Å². The van der Waals surface area contributed by atoms with Gasteiger partial charge in [0.05, 0.1) is 12.3 Å². The Hall–Kier alpha value is -0.870. The lowest BCUT2D eigenvalue weighted by molar-refractivity contribution is 0.108. The summed E-state index contributed by atoms with van der Waals surface area (Å²) in [6.45, 7) is 12.6. The van der Waals surface area contributed by atoms with E-state index in [2.05, 4.69) is 24.3 Å². The van der Waals surface area contributed by atoms with Crippen molar-refractivity contribution in [2.24, 2.45) is 5.92 Å². The van der Waals surface area contributed by atoms with Crippen molar-refractivity contribution >= 4 is 0 Å². The Labute approximate surface area is 104 Å². The third-order valence-corrected chi connectivity index (χ3v) is 3.03. The van der Waals surface area contributed by atoms with Gasteiger partial charge in [-0.15, -0.1) is 0 Å². The van der Waals surface area contributed by atoms with Gasteiger partial charge in [-0.25, -0.2) is 0 Å². The molecule has 4 nitrogen and oxygen atoms in total. The van der Waals surface area contributed by atoms with Crippen molar-refractivity contribution in [1.82, 2.24) is 10.5 Å². The molecule has 0 aliphatic rings. The first-order chi connectivity index (χ1) is 8.06. The minimum absolute atomic E-state index is 0.364. The molecule has 0 saturated heterocycles. The number of nitrogens with one attached hydrogen (secondary N) is 1. The number of hydrogen-bond donors (Lipinski definition) is 1. The van der Waals surface area contributed by atoms with E-state index in [0.717, 1.165) is 36.8 Å². The molecule has 1 N–H and O–H groups in total. The van der Waals surface area contributed by atoms with E-state index in [0.29, 0.717) is 12.0 Å². The first-order valence-electron chi connectivity index (χ1n) is 6.29. The van der Waals surface area contributed by atoms with Crippen LogP contribution in [-0.2, 0) is 11.3 Å². The molecule has 0 amide bonds. The van der Waals surface area contributed by atoms with Crippen molar-refractivity contribution in [2.45, 2.75) is 47.2 Å². The van der Waals surface area contributed by atoms with Gasteiger partial charge in [0.15, 0.2) is 0 Å². The summed E-state index contributed by atoms with van der Waals surface area (Å²) >= 11 is 0. The van der Waals surface area contributed by atoms with Crippen LogP contribution in [0, 0.1) is 19.8 Å². The molecule has 1 unspecified atom stereocenters. The fourth-order valence-corrected chi connectivity index (χ4v) is 1.72. The topological polar surface area (TPSA) is 47.3 Å². The van der Waals surface area contributed by atoms with Gasteiger partial charge >= 0.3 is 0 Å². The van der Waals surface area contributed by atoms with Gasteiger partial charge in [0.1, 0.15) is 5.76 Å². The highest BCUT2D eigenvalue weighted by Crippen LogP contribution is 2.13. The molecular formula is C13H24N2O2. The van der Waals surface area contributed by atoms with Gasteiger partial charge in [0, 0.05) is 24.8 Å². The molecule has 0 fully saturated rings. The highest BCUT2D eigenvalue weighted by atomic mass is 16.5. The second kappa shape index (κ2) is 6.77. The highest BCUT2D eigenvalue weighted by Gasteiger charge is 2.15. The summed E-state index contributed by atoms with van der Waals surface area (Å²) in [6, 6.07) is 0.364. The molecule has 1 aromatic rings. The van der Waals surface area contributed by atoms with Crippen LogP contribution < -0.4 is 5.32 Å². The van der Waals surface area contributed by atoms with Gasteiger partial charge in [-0.05, 0) is 26.7 Å². The normalized spacial score (nSPS) is 13.3. The minimum Gasteiger partial charge on any atom is -0.380 e. The van der Waals surface area contributed by atoms with Crippen LogP contribution in [0.5, 0.6) is 0 Å². The molecule has 1 aromatic heterocycles. The molecular weight excluding hydrogens is 216 g/mol. The minimum atomic E-state index is 0.364. The standard InChI is InChI=1S/C13H24N2O2/c1-6-16-8-13(9(2)3)14-7-12-10(4)15-17-11(12)5/h9,13-14H,6-8H2,1-5H3. The van der Waals surface area contributed by atoms with Gasteiger partial charge in [-0.2, -0.15) is 0 Å². The highest BCUT2D eigenvalue weighted by molar-refractivity contribution is 5.20. The van der Waals surface area contributed by atoms with E-state index in [1.807, 2.05) is 20.8 Å². The molecule has 1 atom stereocenters. The van der Waals surface area contributed by atoms with Crippen molar-refractivity contribution in [1.29, 1.82) is 0 Å². The van der Waals surface area contributed by atoms with Crippen LogP contribution >= 0.6 is 0 Å². The van der Waals surface area contributed by atoms with E-state index < -0.39 is 0 Å². The predicted octanol–water partition coefficient (Wildman–Crippen LogP) is 2.44. The molecule has 0 aromatic carbocycles. The average Bonchev–Trinajstić information content (AvgIpc) is 2.59. The second-order valence-electron chi connectivity index (χ2n) is 4.69. The SMILES string of the molecule is CCOCC(NCc1c(C)noc1C)C(C)C. The molecule has 0 bridgehead atoms. The Morgan fingerprint density at radius 2 is 2.06 bits per heavy atom. The predicted molar refractivity (Wildman–Crippen MR) is 67.9 cm³/mol. The number of rotatable bonds is 7. The molecule has 0 spiro atoms. The van der Waals surface area contributed by atoms with Crippen LogP contribution in [0.1, 0.15) is 37.8 Å². The summed E-state index contributed by atoms with van der Waals surface area (Å²) in [4.78, 5) is 0.